The first-order valence-electron chi connectivity index (χ1n) is 4.31. The smallest absolute Gasteiger partial charge is 0.125 e. The molecule has 0 fully saturated rings. The average Bonchev–Trinajstić information content (AvgIpc) is 2.14. The van der Waals surface area contributed by atoms with Gasteiger partial charge < -0.3 is 0 Å². The molecule has 3 heteroatoms. The maximum absolute atomic E-state index is 4.30. The second kappa shape index (κ2) is 5.12. The van der Waals surface area contributed by atoms with Gasteiger partial charge >= 0.3 is 0 Å². The molecule has 13 heavy (non-hydrogen) atoms. The fraction of sp³-hybridized carbons (Fsp3) is 0.400. The number of nitrogens with zero attached hydrogens (tertiary/aromatic N) is 2. The van der Waals surface area contributed by atoms with Gasteiger partial charge in [0, 0.05) is 11.5 Å². The summed E-state index contributed by atoms with van der Waals surface area (Å²) in [4.78, 5) is 8.35. The molecule has 0 amide bonds. The molecule has 70 valence electrons. The molecule has 0 bridgehead atoms. The summed E-state index contributed by atoms with van der Waals surface area (Å²) in [6.45, 7) is 4.04. The van der Waals surface area contributed by atoms with Gasteiger partial charge in [0.25, 0.3) is 0 Å². The van der Waals surface area contributed by atoms with Crippen molar-refractivity contribution < 1.29 is 0 Å². The predicted octanol–water partition coefficient (Wildman–Crippen LogP) is 2.97. The van der Waals surface area contributed by atoms with Crippen LogP contribution in [0.1, 0.15) is 24.9 Å². The van der Waals surface area contributed by atoms with Gasteiger partial charge in [-0.25, -0.2) is 9.97 Å². The molecule has 1 rings (SSSR count). The summed E-state index contributed by atoms with van der Waals surface area (Å²) in [7, 11) is 0. The van der Waals surface area contributed by atoms with Gasteiger partial charge in [-0.05, 0) is 25.5 Å². The first-order valence-corrected chi connectivity index (χ1v) is 5.43. The van der Waals surface area contributed by atoms with Crippen LogP contribution >= 0.6 is 15.9 Å². The highest BCUT2D eigenvalue weighted by Crippen LogP contribution is 2.09. The lowest BCUT2D eigenvalue weighted by Crippen LogP contribution is -1.90. The number of aromatic nitrogens is 2. The molecule has 0 saturated heterocycles. The summed E-state index contributed by atoms with van der Waals surface area (Å²) in [5.41, 5.74) is 2.34. The van der Waals surface area contributed by atoms with E-state index in [2.05, 4.69) is 38.9 Å². The minimum Gasteiger partial charge on any atom is -0.242 e. The number of aryl methyl sites for hydroxylation is 1. The van der Waals surface area contributed by atoms with Crippen LogP contribution in [-0.4, -0.2) is 15.3 Å². The van der Waals surface area contributed by atoms with E-state index in [1.54, 1.807) is 6.20 Å². The molecule has 0 aliphatic heterocycles. The van der Waals surface area contributed by atoms with Gasteiger partial charge in [-0.1, -0.05) is 28.4 Å². The fourth-order valence-corrected chi connectivity index (χ4v) is 1.56. The van der Waals surface area contributed by atoms with Gasteiger partial charge in [0.15, 0.2) is 0 Å². The molecule has 0 aromatic carbocycles. The molecule has 1 aromatic heterocycles. The van der Waals surface area contributed by atoms with Crippen molar-refractivity contribution in [2.45, 2.75) is 20.3 Å². The first kappa shape index (κ1) is 10.4. The van der Waals surface area contributed by atoms with Crippen LogP contribution in [-0.2, 0) is 0 Å². The van der Waals surface area contributed by atoms with Crippen molar-refractivity contribution >= 4 is 22.0 Å². The summed E-state index contributed by atoms with van der Waals surface area (Å²) < 4.78 is 0. The topological polar surface area (TPSA) is 25.8 Å². The number of hydrogen-bond donors (Lipinski definition) is 0. The molecule has 0 saturated carbocycles. The van der Waals surface area contributed by atoms with Crippen LogP contribution in [0.2, 0.25) is 0 Å². The number of allylic oxidation sites excluding steroid dienone is 1. The number of rotatable bonds is 3. The lowest BCUT2D eigenvalue weighted by atomic mass is 10.2. The van der Waals surface area contributed by atoms with E-state index in [4.69, 9.17) is 0 Å². The quantitative estimate of drug-likeness (QED) is 0.760. The largest absolute Gasteiger partial charge is 0.242 e. The van der Waals surface area contributed by atoms with Crippen LogP contribution in [0.3, 0.4) is 0 Å². The number of alkyl halides is 1. The highest BCUT2D eigenvalue weighted by molar-refractivity contribution is 9.09. The first-order chi connectivity index (χ1) is 6.26. The van der Waals surface area contributed by atoms with Crippen molar-refractivity contribution in [1.29, 1.82) is 0 Å². The molecule has 0 unspecified atom stereocenters. The Kier molecular flexibility index (Phi) is 4.09. The molecule has 0 radical (unpaired) electrons. The summed E-state index contributed by atoms with van der Waals surface area (Å²) in [6, 6.07) is 1.92. The zero-order valence-electron chi connectivity index (χ0n) is 7.92. The molecule has 0 spiro atoms. The number of hydrogen-bond acceptors (Lipinski definition) is 2. The zero-order valence-corrected chi connectivity index (χ0v) is 9.50. The van der Waals surface area contributed by atoms with Crippen molar-refractivity contribution in [3.05, 3.63) is 29.4 Å². The Morgan fingerprint density at radius 1 is 1.62 bits per heavy atom. The maximum Gasteiger partial charge on any atom is 0.125 e. The molecular weight excluding hydrogens is 228 g/mol. The number of halogens is 1. The normalized spacial score (nSPS) is 11.8. The Labute approximate surface area is 87.2 Å². The molecule has 0 aliphatic carbocycles. The Balaban J connectivity index is 2.89. The van der Waals surface area contributed by atoms with E-state index >= 15 is 0 Å². The van der Waals surface area contributed by atoms with Gasteiger partial charge in [0.1, 0.15) is 5.82 Å². The summed E-state index contributed by atoms with van der Waals surface area (Å²) in [6.07, 6.45) is 4.94. The Hall–Kier alpha value is -0.700. The van der Waals surface area contributed by atoms with E-state index in [1.807, 2.05) is 13.0 Å². The van der Waals surface area contributed by atoms with Crippen molar-refractivity contribution in [3.8, 4) is 0 Å². The van der Waals surface area contributed by atoms with Gasteiger partial charge in [-0.2, -0.15) is 0 Å². The van der Waals surface area contributed by atoms with Crippen LogP contribution < -0.4 is 0 Å². The lowest BCUT2D eigenvalue weighted by Gasteiger charge is -1.99. The molecule has 1 heterocycles. The standard InChI is InChI=1S/C10H13BrN2/c1-3-9(7-11)6-10-4-5-12-8(2)13-10/h4-6H,3,7H2,1-2H3/b9-6-. The highest BCUT2D eigenvalue weighted by Gasteiger charge is 1.94. The van der Waals surface area contributed by atoms with Crippen LogP contribution in [0.4, 0.5) is 0 Å². The van der Waals surface area contributed by atoms with E-state index in [1.165, 1.54) is 5.57 Å². The van der Waals surface area contributed by atoms with Crippen LogP contribution in [0.25, 0.3) is 6.08 Å². The van der Waals surface area contributed by atoms with Crippen LogP contribution in [0.5, 0.6) is 0 Å². The van der Waals surface area contributed by atoms with Gasteiger partial charge in [-0.15, -0.1) is 0 Å². The molecular formula is C10H13BrN2. The van der Waals surface area contributed by atoms with E-state index < -0.39 is 0 Å². The SMILES string of the molecule is CC/C(=C/c1ccnc(C)n1)CBr. The minimum absolute atomic E-state index is 0.818. The fourth-order valence-electron chi connectivity index (χ4n) is 0.999. The van der Waals surface area contributed by atoms with Crippen molar-refractivity contribution in [2.24, 2.45) is 0 Å². The van der Waals surface area contributed by atoms with E-state index in [0.29, 0.717) is 0 Å². The second-order valence-corrected chi connectivity index (χ2v) is 3.38. The Morgan fingerprint density at radius 2 is 2.38 bits per heavy atom. The van der Waals surface area contributed by atoms with Crippen LogP contribution in [0, 0.1) is 6.92 Å². The highest BCUT2D eigenvalue weighted by atomic mass is 79.9. The molecule has 0 N–H and O–H groups in total. The van der Waals surface area contributed by atoms with Crippen molar-refractivity contribution in [1.82, 2.24) is 9.97 Å². The third-order valence-electron chi connectivity index (χ3n) is 1.78. The zero-order chi connectivity index (χ0) is 9.68. The van der Waals surface area contributed by atoms with Crippen molar-refractivity contribution in [3.63, 3.8) is 0 Å². The van der Waals surface area contributed by atoms with E-state index in [9.17, 15) is 0 Å². The molecule has 1 aromatic rings. The van der Waals surface area contributed by atoms with Crippen molar-refractivity contribution in [2.75, 3.05) is 5.33 Å². The summed E-state index contributed by atoms with van der Waals surface area (Å²) in [5, 5.41) is 0.909. The third kappa shape index (κ3) is 3.27. The van der Waals surface area contributed by atoms with E-state index in [-0.39, 0.29) is 0 Å². The molecule has 2 nitrogen and oxygen atoms in total. The molecule has 0 aliphatic rings. The van der Waals surface area contributed by atoms with E-state index in [0.717, 1.165) is 23.3 Å². The second-order valence-electron chi connectivity index (χ2n) is 2.82. The minimum atomic E-state index is 0.818. The summed E-state index contributed by atoms with van der Waals surface area (Å²) >= 11 is 3.44. The average molecular weight is 241 g/mol. The van der Waals surface area contributed by atoms with Crippen LogP contribution in [0.15, 0.2) is 17.8 Å². The van der Waals surface area contributed by atoms with Gasteiger partial charge in [-0.3, -0.25) is 0 Å². The van der Waals surface area contributed by atoms with Gasteiger partial charge in [0.2, 0.25) is 0 Å². The monoisotopic (exact) mass is 240 g/mol. The summed E-state index contributed by atoms with van der Waals surface area (Å²) in [5.74, 6) is 0.818. The third-order valence-corrected chi connectivity index (χ3v) is 2.50. The Morgan fingerprint density at radius 3 is 2.92 bits per heavy atom. The lowest BCUT2D eigenvalue weighted by molar-refractivity contribution is 1.04. The van der Waals surface area contributed by atoms with Gasteiger partial charge in [0.05, 0.1) is 5.69 Å². The Bertz CT molecular complexity index is 302. The molecule has 0 atom stereocenters. The maximum atomic E-state index is 4.30. The predicted molar refractivity (Wildman–Crippen MR) is 58.8 cm³/mol.